The van der Waals surface area contributed by atoms with Crippen molar-refractivity contribution in [2.45, 2.75) is 13.0 Å². The average Bonchev–Trinajstić information content (AvgIpc) is 2.95. The van der Waals surface area contributed by atoms with E-state index in [-0.39, 0.29) is 0 Å². The molecule has 0 aliphatic heterocycles. The number of hydrogen-bond donors (Lipinski definition) is 0. The molecule has 3 heteroatoms. The summed E-state index contributed by atoms with van der Waals surface area (Å²) in [5, 5.41) is 2.49. The molecule has 0 spiro atoms. The second-order valence-corrected chi connectivity index (χ2v) is 4.82. The highest BCUT2D eigenvalue weighted by molar-refractivity contribution is 5.95. The van der Waals surface area contributed by atoms with E-state index in [2.05, 4.69) is 52.0 Å². The van der Waals surface area contributed by atoms with Crippen LogP contribution in [-0.2, 0) is 11.3 Å². The minimum Gasteiger partial charge on any atom is -0.385 e. The van der Waals surface area contributed by atoms with Crippen LogP contribution in [0.4, 0.5) is 0 Å². The van der Waals surface area contributed by atoms with Gasteiger partial charge in [-0.2, -0.15) is 0 Å². The Morgan fingerprint density at radius 1 is 1.10 bits per heavy atom. The fraction of sp³-hybridized carbons (Fsp3) is 0.235. The fourth-order valence-electron chi connectivity index (χ4n) is 2.53. The highest BCUT2D eigenvalue weighted by atomic mass is 16.5. The fourth-order valence-corrected chi connectivity index (χ4v) is 2.53. The third-order valence-corrected chi connectivity index (χ3v) is 3.49. The van der Waals surface area contributed by atoms with Gasteiger partial charge in [-0.25, -0.2) is 4.98 Å². The van der Waals surface area contributed by atoms with E-state index in [0.717, 1.165) is 25.4 Å². The van der Waals surface area contributed by atoms with Gasteiger partial charge in [0, 0.05) is 38.2 Å². The van der Waals surface area contributed by atoms with Gasteiger partial charge >= 0.3 is 0 Å². The lowest BCUT2D eigenvalue weighted by Gasteiger charge is -2.10. The minimum absolute atomic E-state index is 0.771. The minimum atomic E-state index is 0.771. The molecule has 1 heterocycles. The quantitative estimate of drug-likeness (QED) is 0.658. The molecule has 0 radical (unpaired) electrons. The van der Waals surface area contributed by atoms with E-state index in [4.69, 9.17) is 4.74 Å². The van der Waals surface area contributed by atoms with Gasteiger partial charge in [0.05, 0.1) is 0 Å². The third-order valence-electron chi connectivity index (χ3n) is 3.49. The van der Waals surface area contributed by atoms with Crippen LogP contribution >= 0.6 is 0 Å². The van der Waals surface area contributed by atoms with E-state index in [1.54, 1.807) is 7.11 Å². The summed E-state index contributed by atoms with van der Waals surface area (Å²) >= 11 is 0. The first-order valence-corrected chi connectivity index (χ1v) is 6.88. The molecule has 1 aromatic heterocycles. The van der Waals surface area contributed by atoms with Crippen LogP contribution in [0.5, 0.6) is 0 Å². The van der Waals surface area contributed by atoms with Crippen LogP contribution in [0.25, 0.3) is 22.2 Å². The average molecular weight is 266 g/mol. The maximum Gasteiger partial charge on any atom is 0.140 e. The van der Waals surface area contributed by atoms with E-state index in [0.29, 0.717) is 0 Å². The van der Waals surface area contributed by atoms with Crippen molar-refractivity contribution in [1.29, 1.82) is 0 Å². The molecule has 0 amide bonds. The van der Waals surface area contributed by atoms with Crippen molar-refractivity contribution in [3.63, 3.8) is 0 Å². The largest absolute Gasteiger partial charge is 0.385 e. The molecule has 0 unspecified atom stereocenters. The first kappa shape index (κ1) is 12.9. The zero-order valence-corrected chi connectivity index (χ0v) is 11.6. The molecule has 0 aliphatic carbocycles. The number of benzene rings is 2. The van der Waals surface area contributed by atoms with Gasteiger partial charge in [0.1, 0.15) is 5.82 Å². The molecule has 0 aliphatic rings. The molecule has 0 N–H and O–H groups in total. The SMILES string of the molecule is COCCCn1ccnc1-c1cccc2ccccc12. The van der Waals surface area contributed by atoms with Crippen molar-refractivity contribution in [3.8, 4) is 11.4 Å². The van der Waals surface area contributed by atoms with Crippen LogP contribution < -0.4 is 0 Å². The van der Waals surface area contributed by atoms with E-state index in [9.17, 15) is 0 Å². The molecule has 3 nitrogen and oxygen atoms in total. The highest BCUT2D eigenvalue weighted by Crippen LogP contribution is 2.27. The van der Waals surface area contributed by atoms with Crippen molar-refractivity contribution in [1.82, 2.24) is 9.55 Å². The summed E-state index contributed by atoms with van der Waals surface area (Å²) in [6.45, 7) is 1.69. The summed E-state index contributed by atoms with van der Waals surface area (Å²) in [6, 6.07) is 14.8. The molecule has 0 bridgehead atoms. The van der Waals surface area contributed by atoms with Crippen molar-refractivity contribution in [2.24, 2.45) is 0 Å². The van der Waals surface area contributed by atoms with Crippen molar-refractivity contribution in [3.05, 3.63) is 54.9 Å². The van der Waals surface area contributed by atoms with Crippen LogP contribution in [-0.4, -0.2) is 23.3 Å². The molecule has 3 rings (SSSR count). The maximum atomic E-state index is 5.12. The first-order valence-electron chi connectivity index (χ1n) is 6.88. The van der Waals surface area contributed by atoms with Crippen LogP contribution in [0.15, 0.2) is 54.9 Å². The third kappa shape index (κ3) is 2.45. The van der Waals surface area contributed by atoms with Gasteiger partial charge in [0.2, 0.25) is 0 Å². The molecule has 2 aromatic carbocycles. The van der Waals surface area contributed by atoms with Crippen LogP contribution in [0.1, 0.15) is 6.42 Å². The number of nitrogens with zero attached hydrogens (tertiary/aromatic N) is 2. The van der Waals surface area contributed by atoms with Gasteiger partial charge in [-0.1, -0.05) is 42.5 Å². The summed E-state index contributed by atoms with van der Waals surface area (Å²) in [5.41, 5.74) is 1.19. The monoisotopic (exact) mass is 266 g/mol. The Morgan fingerprint density at radius 2 is 1.95 bits per heavy atom. The topological polar surface area (TPSA) is 27.1 Å². The Labute approximate surface area is 118 Å². The number of aromatic nitrogens is 2. The van der Waals surface area contributed by atoms with E-state index < -0.39 is 0 Å². The number of rotatable bonds is 5. The number of aryl methyl sites for hydroxylation is 1. The summed E-state index contributed by atoms with van der Waals surface area (Å²) in [6.07, 6.45) is 4.89. The maximum absolute atomic E-state index is 5.12. The molecule has 0 saturated heterocycles. The summed E-state index contributed by atoms with van der Waals surface area (Å²) in [4.78, 5) is 4.54. The molecule has 20 heavy (non-hydrogen) atoms. The molecule has 0 fully saturated rings. The zero-order valence-electron chi connectivity index (χ0n) is 11.6. The molecule has 0 saturated carbocycles. The lowest BCUT2D eigenvalue weighted by Crippen LogP contribution is -2.02. The molecule has 0 atom stereocenters. The normalized spacial score (nSPS) is 11.1. The Morgan fingerprint density at radius 3 is 2.85 bits per heavy atom. The number of ether oxygens (including phenoxy) is 1. The van der Waals surface area contributed by atoms with Gasteiger partial charge < -0.3 is 9.30 Å². The van der Waals surface area contributed by atoms with Crippen molar-refractivity contribution in [2.75, 3.05) is 13.7 Å². The number of fused-ring (bicyclic) bond motifs is 1. The summed E-state index contributed by atoms with van der Waals surface area (Å²) < 4.78 is 7.32. The molecule has 3 aromatic rings. The summed E-state index contributed by atoms with van der Waals surface area (Å²) in [7, 11) is 1.74. The Bertz CT molecular complexity index is 698. The predicted molar refractivity (Wildman–Crippen MR) is 81.7 cm³/mol. The zero-order chi connectivity index (χ0) is 13.8. The van der Waals surface area contributed by atoms with Crippen molar-refractivity contribution < 1.29 is 4.74 Å². The number of hydrogen-bond acceptors (Lipinski definition) is 2. The number of imidazole rings is 1. The van der Waals surface area contributed by atoms with Gasteiger partial charge in [-0.3, -0.25) is 0 Å². The Kier molecular flexibility index (Phi) is 3.79. The molecule has 102 valence electrons. The van der Waals surface area contributed by atoms with Gasteiger partial charge in [0.25, 0.3) is 0 Å². The van der Waals surface area contributed by atoms with E-state index >= 15 is 0 Å². The Hall–Kier alpha value is -2.13. The van der Waals surface area contributed by atoms with E-state index in [1.165, 1.54) is 16.3 Å². The lowest BCUT2D eigenvalue weighted by molar-refractivity contribution is 0.190. The standard InChI is InChI=1S/C17H18N2O/c1-20-13-5-11-19-12-10-18-17(19)16-9-4-7-14-6-2-3-8-15(14)16/h2-4,6-10,12H,5,11,13H2,1H3. The lowest BCUT2D eigenvalue weighted by atomic mass is 10.0. The van der Waals surface area contributed by atoms with Crippen LogP contribution in [0.3, 0.4) is 0 Å². The van der Waals surface area contributed by atoms with Gasteiger partial charge in [-0.05, 0) is 17.2 Å². The van der Waals surface area contributed by atoms with Gasteiger partial charge in [-0.15, -0.1) is 0 Å². The smallest absolute Gasteiger partial charge is 0.140 e. The highest BCUT2D eigenvalue weighted by Gasteiger charge is 2.09. The Balaban J connectivity index is 2.01. The van der Waals surface area contributed by atoms with Crippen molar-refractivity contribution >= 4 is 10.8 Å². The second-order valence-electron chi connectivity index (χ2n) is 4.82. The van der Waals surface area contributed by atoms with Crippen LogP contribution in [0.2, 0.25) is 0 Å². The second kappa shape index (κ2) is 5.88. The molecular weight excluding hydrogens is 248 g/mol. The summed E-state index contributed by atoms with van der Waals surface area (Å²) in [5.74, 6) is 1.03. The van der Waals surface area contributed by atoms with E-state index in [1.807, 2.05) is 12.4 Å². The molecular formula is C17H18N2O. The van der Waals surface area contributed by atoms with Gasteiger partial charge in [0.15, 0.2) is 0 Å². The predicted octanol–water partition coefficient (Wildman–Crippen LogP) is 3.74. The number of methoxy groups -OCH3 is 1. The first-order chi connectivity index (χ1) is 9.90. The van der Waals surface area contributed by atoms with Crippen LogP contribution in [0, 0.1) is 0 Å².